The van der Waals surface area contributed by atoms with Gasteiger partial charge in [-0.05, 0) is 46.6 Å². The molecular formula is C13H26N2O3. The van der Waals surface area contributed by atoms with Crippen LogP contribution in [0.1, 0.15) is 53.4 Å². The number of nitrogens with one attached hydrogen (secondary N) is 1. The lowest BCUT2D eigenvalue weighted by molar-refractivity contribution is -0.121. The number of nitrogens with two attached hydrogens (primary N) is 1. The van der Waals surface area contributed by atoms with Crippen molar-refractivity contribution in [2.45, 2.75) is 65.0 Å². The molecule has 0 saturated heterocycles. The number of alkyl carbamates (subject to hydrolysis) is 1. The van der Waals surface area contributed by atoms with E-state index in [0.717, 1.165) is 12.8 Å². The van der Waals surface area contributed by atoms with E-state index >= 15 is 0 Å². The van der Waals surface area contributed by atoms with E-state index in [2.05, 4.69) is 5.32 Å². The first-order valence-electron chi connectivity index (χ1n) is 6.52. The average Bonchev–Trinajstić information content (AvgIpc) is 2.24. The minimum Gasteiger partial charge on any atom is -0.444 e. The molecule has 1 amide bonds. The summed E-state index contributed by atoms with van der Waals surface area (Å²) in [5.74, 6) is 0.0258. The molecule has 0 aromatic rings. The van der Waals surface area contributed by atoms with E-state index in [9.17, 15) is 9.59 Å². The number of hydrogen-bond acceptors (Lipinski definition) is 4. The van der Waals surface area contributed by atoms with E-state index < -0.39 is 17.7 Å². The number of rotatable bonds is 7. The molecule has 0 aliphatic heterocycles. The van der Waals surface area contributed by atoms with Crippen LogP contribution in [0.3, 0.4) is 0 Å². The Bertz CT molecular complexity index is 272. The maximum Gasteiger partial charge on any atom is 0.408 e. The van der Waals surface area contributed by atoms with Crippen molar-refractivity contribution in [3.63, 3.8) is 0 Å². The summed E-state index contributed by atoms with van der Waals surface area (Å²) in [5.41, 5.74) is 4.86. The third-order valence-corrected chi connectivity index (χ3v) is 2.38. The van der Waals surface area contributed by atoms with Gasteiger partial charge in [-0.2, -0.15) is 0 Å². The number of hydrogen-bond donors (Lipinski definition) is 2. The summed E-state index contributed by atoms with van der Waals surface area (Å²) in [6.45, 7) is 7.75. The van der Waals surface area contributed by atoms with Crippen molar-refractivity contribution >= 4 is 11.9 Å². The fraction of sp³-hybridized carbons (Fsp3) is 0.846. The Kier molecular flexibility index (Phi) is 7.59. The summed E-state index contributed by atoms with van der Waals surface area (Å²) in [6.07, 6.45) is 2.15. The van der Waals surface area contributed by atoms with Crippen LogP contribution in [-0.4, -0.2) is 30.1 Å². The molecule has 5 heteroatoms. The van der Waals surface area contributed by atoms with Crippen molar-refractivity contribution in [2.75, 3.05) is 6.54 Å². The summed E-state index contributed by atoms with van der Waals surface area (Å²) in [5, 5.41) is 2.63. The van der Waals surface area contributed by atoms with Gasteiger partial charge in [0.15, 0.2) is 5.78 Å². The van der Waals surface area contributed by atoms with Crippen molar-refractivity contribution in [3.05, 3.63) is 0 Å². The number of ether oxygens (including phenoxy) is 1. The maximum absolute atomic E-state index is 11.7. The molecular weight excluding hydrogens is 232 g/mol. The van der Waals surface area contributed by atoms with Crippen LogP contribution < -0.4 is 11.1 Å². The van der Waals surface area contributed by atoms with Gasteiger partial charge in [-0.25, -0.2) is 4.79 Å². The third-order valence-electron chi connectivity index (χ3n) is 2.38. The molecule has 5 nitrogen and oxygen atoms in total. The summed E-state index contributed by atoms with van der Waals surface area (Å²) >= 11 is 0. The van der Waals surface area contributed by atoms with Crippen LogP contribution >= 0.6 is 0 Å². The Morgan fingerprint density at radius 1 is 1.28 bits per heavy atom. The van der Waals surface area contributed by atoms with Gasteiger partial charge in [0.05, 0.1) is 6.04 Å². The normalized spacial score (nSPS) is 12.9. The number of ketones is 1. The second-order valence-electron chi connectivity index (χ2n) is 5.30. The van der Waals surface area contributed by atoms with Gasteiger partial charge in [0, 0.05) is 6.42 Å². The molecule has 0 spiro atoms. The van der Waals surface area contributed by atoms with Crippen LogP contribution in [0.4, 0.5) is 4.79 Å². The number of carbonyl (C=O) groups excluding carboxylic acids is 2. The largest absolute Gasteiger partial charge is 0.444 e. The van der Waals surface area contributed by atoms with Gasteiger partial charge in [-0.15, -0.1) is 0 Å². The van der Waals surface area contributed by atoms with Crippen LogP contribution in [0, 0.1) is 0 Å². The molecule has 106 valence electrons. The van der Waals surface area contributed by atoms with Gasteiger partial charge >= 0.3 is 6.09 Å². The molecule has 0 fully saturated rings. The van der Waals surface area contributed by atoms with E-state index in [1.54, 1.807) is 27.7 Å². The van der Waals surface area contributed by atoms with E-state index in [1.165, 1.54) is 0 Å². The molecule has 0 heterocycles. The van der Waals surface area contributed by atoms with Crippen molar-refractivity contribution in [1.82, 2.24) is 5.32 Å². The lowest BCUT2D eigenvalue weighted by atomic mass is 10.0. The Hall–Kier alpha value is -1.10. The Morgan fingerprint density at radius 3 is 2.33 bits per heavy atom. The lowest BCUT2D eigenvalue weighted by Crippen LogP contribution is -2.43. The predicted molar refractivity (Wildman–Crippen MR) is 71.4 cm³/mol. The Morgan fingerprint density at radius 2 is 1.89 bits per heavy atom. The second kappa shape index (κ2) is 8.08. The zero-order chi connectivity index (χ0) is 14.2. The molecule has 0 aliphatic carbocycles. The van der Waals surface area contributed by atoms with Crippen molar-refractivity contribution in [3.8, 4) is 0 Å². The number of unbranched alkanes of at least 4 members (excludes halogenated alkanes) is 1. The number of Topliss-reactive ketones (excluding diaryl/α,β-unsaturated/α-hetero) is 1. The monoisotopic (exact) mass is 258 g/mol. The minimum absolute atomic E-state index is 0.0258. The standard InChI is InChI=1S/C13H26N2O3/c1-5-11(16)10(8-6-7-9-14)15-12(17)18-13(2,3)4/h10H,5-9,14H2,1-4H3,(H,15,17)/t10-/m0/s1. The highest BCUT2D eigenvalue weighted by Gasteiger charge is 2.22. The molecule has 0 aliphatic rings. The summed E-state index contributed by atoms with van der Waals surface area (Å²) < 4.78 is 5.14. The summed E-state index contributed by atoms with van der Waals surface area (Å²) in [7, 11) is 0. The highest BCUT2D eigenvalue weighted by molar-refractivity contribution is 5.87. The summed E-state index contributed by atoms with van der Waals surface area (Å²) in [6, 6.07) is -0.462. The second-order valence-corrected chi connectivity index (χ2v) is 5.30. The molecule has 0 unspecified atom stereocenters. The van der Waals surface area contributed by atoms with E-state index in [1.807, 2.05) is 0 Å². The molecule has 0 rings (SSSR count). The smallest absolute Gasteiger partial charge is 0.408 e. The van der Waals surface area contributed by atoms with Gasteiger partial charge in [0.25, 0.3) is 0 Å². The first-order chi connectivity index (χ1) is 8.30. The fourth-order valence-corrected chi connectivity index (χ4v) is 1.50. The first kappa shape index (κ1) is 16.9. The fourth-order valence-electron chi connectivity index (χ4n) is 1.50. The Labute approximate surface area is 109 Å². The Balaban J connectivity index is 4.31. The highest BCUT2D eigenvalue weighted by atomic mass is 16.6. The predicted octanol–water partition coefficient (Wildman–Crippen LogP) is 1.99. The zero-order valence-electron chi connectivity index (χ0n) is 11.9. The van der Waals surface area contributed by atoms with Crippen LogP contribution in [0.5, 0.6) is 0 Å². The van der Waals surface area contributed by atoms with Crippen LogP contribution in [0.25, 0.3) is 0 Å². The molecule has 18 heavy (non-hydrogen) atoms. The van der Waals surface area contributed by atoms with Gasteiger partial charge in [0.1, 0.15) is 5.60 Å². The zero-order valence-corrected chi connectivity index (χ0v) is 11.9. The number of amides is 1. The maximum atomic E-state index is 11.7. The quantitative estimate of drug-likeness (QED) is 0.684. The van der Waals surface area contributed by atoms with E-state index in [4.69, 9.17) is 10.5 Å². The van der Waals surface area contributed by atoms with E-state index in [-0.39, 0.29) is 5.78 Å². The van der Waals surface area contributed by atoms with Gasteiger partial charge in [-0.1, -0.05) is 6.92 Å². The molecule has 3 N–H and O–H groups in total. The molecule has 0 bridgehead atoms. The molecule has 0 radical (unpaired) electrons. The highest BCUT2D eigenvalue weighted by Crippen LogP contribution is 2.09. The van der Waals surface area contributed by atoms with Crippen LogP contribution in [-0.2, 0) is 9.53 Å². The van der Waals surface area contributed by atoms with Crippen molar-refractivity contribution in [1.29, 1.82) is 0 Å². The van der Waals surface area contributed by atoms with Crippen LogP contribution in [0.15, 0.2) is 0 Å². The van der Waals surface area contributed by atoms with E-state index in [0.29, 0.717) is 19.4 Å². The van der Waals surface area contributed by atoms with Crippen molar-refractivity contribution < 1.29 is 14.3 Å². The summed E-state index contributed by atoms with van der Waals surface area (Å²) in [4.78, 5) is 23.3. The van der Waals surface area contributed by atoms with Crippen LogP contribution in [0.2, 0.25) is 0 Å². The topological polar surface area (TPSA) is 81.4 Å². The molecule has 0 aromatic heterocycles. The first-order valence-corrected chi connectivity index (χ1v) is 6.52. The van der Waals surface area contributed by atoms with Gasteiger partial charge < -0.3 is 15.8 Å². The van der Waals surface area contributed by atoms with Gasteiger partial charge in [0.2, 0.25) is 0 Å². The minimum atomic E-state index is -0.554. The molecule has 1 atom stereocenters. The number of carbonyl (C=O) groups is 2. The van der Waals surface area contributed by atoms with Crippen molar-refractivity contribution in [2.24, 2.45) is 5.73 Å². The van der Waals surface area contributed by atoms with Gasteiger partial charge in [-0.3, -0.25) is 4.79 Å². The lowest BCUT2D eigenvalue weighted by Gasteiger charge is -2.23. The average molecular weight is 258 g/mol. The third kappa shape index (κ3) is 8.06. The molecule has 0 aromatic carbocycles. The SMILES string of the molecule is CCC(=O)[C@H](CCCCN)NC(=O)OC(C)(C)C. The molecule has 0 saturated carbocycles.